The highest BCUT2D eigenvalue weighted by Gasteiger charge is 2.14. The van der Waals surface area contributed by atoms with Crippen molar-refractivity contribution in [3.05, 3.63) is 72.1 Å². The second-order valence-corrected chi connectivity index (χ2v) is 5.81. The van der Waals surface area contributed by atoms with Gasteiger partial charge in [-0.25, -0.2) is 0 Å². The van der Waals surface area contributed by atoms with Crippen LogP contribution in [0.4, 0.5) is 5.69 Å². The number of carbonyl (C=O) groups is 1. The molecular formula is C19H17N3O3. The van der Waals surface area contributed by atoms with Gasteiger partial charge in [0.05, 0.1) is 13.0 Å². The van der Waals surface area contributed by atoms with Gasteiger partial charge < -0.3 is 14.8 Å². The maximum atomic E-state index is 12.2. The number of amides is 1. The molecule has 4 rings (SSSR count). The van der Waals surface area contributed by atoms with Crippen molar-refractivity contribution in [1.29, 1.82) is 0 Å². The van der Waals surface area contributed by atoms with E-state index in [9.17, 15) is 4.79 Å². The SMILES string of the molecule is O=C(Cc1ccc2c(c1)OCO2)Nc1ccc(Cn2cccn2)cc1. The van der Waals surface area contributed by atoms with Gasteiger partial charge in [-0.05, 0) is 41.5 Å². The minimum Gasteiger partial charge on any atom is -0.454 e. The summed E-state index contributed by atoms with van der Waals surface area (Å²) in [5, 5.41) is 7.09. The quantitative estimate of drug-likeness (QED) is 0.779. The second kappa shape index (κ2) is 6.68. The average molecular weight is 335 g/mol. The van der Waals surface area contributed by atoms with Crippen LogP contribution >= 0.6 is 0 Å². The maximum Gasteiger partial charge on any atom is 0.231 e. The van der Waals surface area contributed by atoms with Gasteiger partial charge in [0, 0.05) is 18.1 Å². The molecule has 0 atom stereocenters. The van der Waals surface area contributed by atoms with Gasteiger partial charge in [-0.1, -0.05) is 18.2 Å². The van der Waals surface area contributed by atoms with Crippen molar-refractivity contribution in [3.8, 4) is 11.5 Å². The standard InChI is InChI=1S/C19H17N3O3/c23-19(11-15-4-7-17-18(10-15)25-13-24-17)21-16-5-2-14(3-6-16)12-22-9-1-8-20-22/h1-10H,11-13H2,(H,21,23). The molecule has 0 unspecified atom stereocenters. The largest absolute Gasteiger partial charge is 0.454 e. The second-order valence-electron chi connectivity index (χ2n) is 5.81. The van der Waals surface area contributed by atoms with Crippen molar-refractivity contribution in [1.82, 2.24) is 9.78 Å². The van der Waals surface area contributed by atoms with E-state index < -0.39 is 0 Å². The van der Waals surface area contributed by atoms with Crippen molar-refractivity contribution in [2.45, 2.75) is 13.0 Å². The van der Waals surface area contributed by atoms with Crippen LogP contribution in [-0.4, -0.2) is 22.5 Å². The first kappa shape index (κ1) is 15.3. The molecule has 2 heterocycles. The maximum absolute atomic E-state index is 12.2. The van der Waals surface area contributed by atoms with Crippen molar-refractivity contribution < 1.29 is 14.3 Å². The molecule has 1 N–H and O–H groups in total. The molecule has 0 aliphatic carbocycles. The van der Waals surface area contributed by atoms with Crippen LogP contribution in [0.5, 0.6) is 11.5 Å². The number of aromatic nitrogens is 2. The molecule has 2 aromatic carbocycles. The van der Waals surface area contributed by atoms with Gasteiger partial charge in [-0.2, -0.15) is 5.10 Å². The molecule has 1 amide bonds. The Hall–Kier alpha value is -3.28. The highest BCUT2D eigenvalue weighted by molar-refractivity contribution is 5.92. The molecule has 6 heteroatoms. The third kappa shape index (κ3) is 3.63. The summed E-state index contributed by atoms with van der Waals surface area (Å²) in [4.78, 5) is 12.2. The summed E-state index contributed by atoms with van der Waals surface area (Å²) in [6, 6.07) is 15.2. The zero-order valence-electron chi connectivity index (χ0n) is 13.5. The summed E-state index contributed by atoms with van der Waals surface area (Å²) in [6.45, 7) is 0.939. The molecular weight excluding hydrogens is 318 g/mol. The van der Waals surface area contributed by atoms with Gasteiger partial charge in [-0.3, -0.25) is 9.48 Å². The zero-order chi connectivity index (χ0) is 17.1. The average Bonchev–Trinajstić information content (AvgIpc) is 3.27. The van der Waals surface area contributed by atoms with Gasteiger partial charge >= 0.3 is 0 Å². The summed E-state index contributed by atoms with van der Waals surface area (Å²) >= 11 is 0. The van der Waals surface area contributed by atoms with E-state index in [1.807, 2.05) is 59.4 Å². The molecule has 1 aliphatic rings. The lowest BCUT2D eigenvalue weighted by atomic mass is 10.1. The number of carbonyl (C=O) groups excluding carboxylic acids is 1. The lowest BCUT2D eigenvalue weighted by Crippen LogP contribution is -2.14. The number of hydrogen-bond donors (Lipinski definition) is 1. The number of fused-ring (bicyclic) bond motifs is 1. The van der Waals surface area contributed by atoms with Crippen molar-refractivity contribution in [2.75, 3.05) is 12.1 Å². The predicted molar refractivity (Wildman–Crippen MR) is 92.7 cm³/mol. The minimum atomic E-state index is -0.0707. The number of ether oxygens (including phenoxy) is 2. The molecule has 0 saturated heterocycles. The normalized spacial score (nSPS) is 12.2. The molecule has 0 bridgehead atoms. The Bertz CT molecular complexity index is 873. The summed E-state index contributed by atoms with van der Waals surface area (Å²) in [5.74, 6) is 1.34. The van der Waals surface area contributed by atoms with Crippen molar-refractivity contribution in [3.63, 3.8) is 0 Å². The van der Waals surface area contributed by atoms with Gasteiger partial charge in [0.15, 0.2) is 11.5 Å². The summed E-state index contributed by atoms with van der Waals surface area (Å²) < 4.78 is 12.5. The molecule has 0 fully saturated rings. The number of nitrogens with zero attached hydrogens (tertiary/aromatic N) is 2. The fraction of sp³-hybridized carbons (Fsp3) is 0.158. The van der Waals surface area contributed by atoms with E-state index in [1.54, 1.807) is 6.20 Å². The van der Waals surface area contributed by atoms with Gasteiger partial charge in [0.1, 0.15) is 0 Å². The molecule has 126 valence electrons. The van der Waals surface area contributed by atoms with Gasteiger partial charge in [0.2, 0.25) is 12.7 Å². The van der Waals surface area contributed by atoms with Gasteiger partial charge in [0.25, 0.3) is 0 Å². The van der Waals surface area contributed by atoms with E-state index in [4.69, 9.17) is 9.47 Å². The van der Waals surface area contributed by atoms with Crippen LogP contribution in [0, 0.1) is 0 Å². The van der Waals surface area contributed by atoms with Crippen molar-refractivity contribution in [2.24, 2.45) is 0 Å². The van der Waals surface area contributed by atoms with Crippen LogP contribution in [0.2, 0.25) is 0 Å². The third-order valence-corrected chi connectivity index (χ3v) is 3.94. The Morgan fingerprint density at radius 1 is 1.08 bits per heavy atom. The fourth-order valence-corrected chi connectivity index (χ4v) is 2.72. The summed E-state index contributed by atoms with van der Waals surface area (Å²) in [5.41, 5.74) is 2.78. The Balaban J connectivity index is 1.36. The van der Waals surface area contributed by atoms with Crippen LogP contribution in [0.3, 0.4) is 0 Å². The number of hydrogen-bond acceptors (Lipinski definition) is 4. The Labute approximate surface area is 145 Å². The highest BCUT2D eigenvalue weighted by Crippen LogP contribution is 2.32. The van der Waals surface area contributed by atoms with E-state index >= 15 is 0 Å². The lowest BCUT2D eigenvalue weighted by Gasteiger charge is -2.07. The molecule has 3 aromatic rings. The molecule has 1 aromatic heterocycles. The molecule has 0 radical (unpaired) electrons. The number of benzene rings is 2. The van der Waals surface area contributed by atoms with Crippen LogP contribution in [0.15, 0.2) is 60.9 Å². The first-order chi connectivity index (χ1) is 12.3. The number of rotatable bonds is 5. The molecule has 6 nitrogen and oxygen atoms in total. The molecule has 25 heavy (non-hydrogen) atoms. The smallest absolute Gasteiger partial charge is 0.231 e. The monoisotopic (exact) mass is 335 g/mol. The van der Waals surface area contributed by atoms with Crippen LogP contribution < -0.4 is 14.8 Å². The van der Waals surface area contributed by atoms with E-state index in [2.05, 4.69) is 10.4 Å². The van der Waals surface area contributed by atoms with E-state index in [-0.39, 0.29) is 19.1 Å². The minimum absolute atomic E-state index is 0.0707. The zero-order valence-corrected chi connectivity index (χ0v) is 13.5. The van der Waals surface area contributed by atoms with Crippen LogP contribution in [0.1, 0.15) is 11.1 Å². The lowest BCUT2D eigenvalue weighted by molar-refractivity contribution is -0.115. The van der Waals surface area contributed by atoms with Gasteiger partial charge in [-0.15, -0.1) is 0 Å². The predicted octanol–water partition coefficient (Wildman–Crippen LogP) is 2.84. The number of nitrogens with one attached hydrogen (secondary N) is 1. The summed E-state index contributed by atoms with van der Waals surface area (Å²) in [6.07, 6.45) is 3.96. The first-order valence-electron chi connectivity index (χ1n) is 8.01. The Morgan fingerprint density at radius 2 is 1.88 bits per heavy atom. The summed E-state index contributed by atoms with van der Waals surface area (Å²) in [7, 11) is 0. The van der Waals surface area contributed by atoms with E-state index in [0.717, 1.165) is 22.6 Å². The van der Waals surface area contributed by atoms with Crippen LogP contribution in [-0.2, 0) is 17.8 Å². The molecule has 1 aliphatic heterocycles. The third-order valence-electron chi connectivity index (χ3n) is 3.94. The Kier molecular flexibility index (Phi) is 4.08. The van der Waals surface area contributed by atoms with E-state index in [1.165, 1.54) is 0 Å². The molecule has 0 spiro atoms. The van der Waals surface area contributed by atoms with Crippen molar-refractivity contribution >= 4 is 11.6 Å². The first-order valence-corrected chi connectivity index (χ1v) is 8.01. The fourth-order valence-electron chi connectivity index (χ4n) is 2.72. The number of anilines is 1. The topological polar surface area (TPSA) is 65.4 Å². The van der Waals surface area contributed by atoms with Crippen LogP contribution in [0.25, 0.3) is 0 Å². The Morgan fingerprint density at radius 3 is 2.68 bits per heavy atom. The highest BCUT2D eigenvalue weighted by atomic mass is 16.7. The molecule has 0 saturated carbocycles. The van der Waals surface area contributed by atoms with E-state index in [0.29, 0.717) is 12.3 Å².